The van der Waals surface area contributed by atoms with Crippen molar-refractivity contribution in [3.63, 3.8) is 0 Å². The third-order valence-corrected chi connectivity index (χ3v) is 3.42. The molecule has 1 aromatic carbocycles. The second-order valence-electron chi connectivity index (χ2n) is 4.85. The van der Waals surface area contributed by atoms with Crippen LogP contribution in [0.25, 0.3) is 5.57 Å². The lowest BCUT2D eigenvalue weighted by Crippen LogP contribution is -3.13. The molecule has 5 nitrogen and oxygen atoms in total. The van der Waals surface area contributed by atoms with Crippen molar-refractivity contribution in [1.82, 2.24) is 10.6 Å². The van der Waals surface area contributed by atoms with Gasteiger partial charge >= 0.3 is 6.03 Å². The van der Waals surface area contributed by atoms with Crippen LogP contribution < -0.4 is 15.5 Å². The first-order chi connectivity index (χ1) is 9.69. The number of benzene rings is 1. The lowest BCUT2D eigenvalue weighted by atomic mass is 10.00. The molecule has 0 fully saturated rings. The van der Waals surface area contributed by atoms with Crippen molar-refractivity contribution in [2.24, 2.45) is 0 Å². The summed E-state index contributed by atoms with van der Waals surface area (Å²) in [5, 5.41) is 4.66. The minimum absolute atomic E-state index is 0.240. The van der Waals surface area contributed by atoms with Gasteiger partial charge in [0.1, 0.15) is 0 Å². The number of quaternary nitrogens is 1. The van der Waals surface area contributed by atoms with Gasteiger partial charge in [-0.1, -0.05) is 30.3 Å². The molecule has 0 saturated heterocycles. The van der Waals surface area contributed by atoms with Gasteiger partial charge in [-0.15, -0.1) is 0 Å². The van der Waals surface area contributed by atoms with Gasteiger partial charge in [0, 0.05) is 13.5 Å². The zero-order valence-electron chi connectivity index (χ0n) is 11.6. The van der Waals surface area contributed by atoms with Crippen molar-refractivity contribution in [1.29, 1.82) is 0 Å². The van der Waals surface area contributed by atoms with Gasteiger partial charge in [-0.3, -0.25) is 10.1 Å². The number of imide groups is 1. The summed E-state index contributed by atoms with van der Waals surface area (Å²) in [7, 11) is 1.49. The molecule has 1 aromatic rings. The Morgan fingerprint density at radius 3 is 2.60 bits per heavy atom. The Labute approximate surface area is 118 Å². The Morgan fingerprint density at radius 1 is 1.25 bits per heavy atom. The maximum absolute atomic E-state index is 11.6. The molecule has 106 valence electrons. The van der Waals surface area contributed by atoms with E-state index in [4.69, 9.17) is 0 Å². The van der Waals surface area contributed by atoms with Crippen molar-refractivity contribution in [3.05, 3.63) is 42.0 Å². The summed E-state index contributed by atoms with van der Waals surface area (Å²) >= 11 is 0. The van der Waals surface area contributed by atoms with Crippen LogP contribution in [0.15, 0.2) is 36.4 Å². The molecular weight excluding hydrogens is 254 g/mol. The Bertz CT molecular complexity index is 511. The number of amides is 3. The minimum Gasteiger partial charge on any atom is -0.341 e. The summed E-state index contributed by atoms with van der Waals surface area (Å²) < 4.78 is 0. The summed E-state index contributed by atoms with van der Waals surface area (Å²) in [6.07, 6.45) is 3.13. The van der Waals surface area contributed by atoms with Crippen LogP contribution in [0.3, 0.4) is 0 Å². The first-order valence-electron chi connectivity index (χ1n) is 6.78. The van der Waals surface area contributed by atoms with E-state index in [1.807, 2.05) is 18.2 Å². The van der Waals surface area contributed by atoms with Crippen LogP contribution in [0, 0.1) is 0 Å². The third kappa shape index (κ3) is 3.93. The average molecular weight is 274 g/mol. The molecule has 0 bridgehead atoms. The number of carbonyl (C=O) groups is 2. The van der Waals surface area contributed by atoms with Crippen molar-refractivity contribution in [3.8, 4) is 0 Å². The normalized spacial score (nSPS) is 18.1. The van der Waals surface area contributed by atoms with Crippen LogP contribution in [0.4, 0.5) is 4.79 Å². The molecule has 5 heteroatoms. The van der Waals surface area contributed by atoms with Crippen LogP contribution in [-0.2, 0) is 4.79 Å². The number of urea groups is 1. The molecular formula is C15H20N3O2+. The van der Waals surface area contributed by atoms with E-state index in [2.05, 4.69) is 28.8 Å². The highest BCUT2D eigenvalue weighted by Gasteiger charge is 2.19. The molecule has 0 aromatic heterocycles. The topological polar surface area (TPSA) is 62.6 Å². The summed E-state index contributed by atoms with van der Waals surface area (Å²) in [5.74, 6) is -0.240. The van der Waals surface area contributed by atoms with Gasteiger partial charge in [0.2, 0.25) is 0 Å². The molecule has 0 spiro atoms. The SMILES string of the molecule is CNC(=O)NC(=O)C[NH+]1CC=C(c2ccccc2)CC1. The number of carbonyl (C=O) groups excluding carboxylic acids is 2. The molecule has 2 rings (SSSR count). The lowest BCUT2D eigenvalue weighted by Gasteiger charge is -2.23. The largest absolute Gasteiger partial charge is 0.341 e. The van der Waals surface area contributed by atoms with Crippen LogP contribution in [0.1, 0.15) is 12.0 Å². The Kier molecular flexibility index (Phi) is 4.90. The summed E-state index contributed by atoms with van der Waals surface area (Å²) in [4.78, 5) is 23.8. The quantitative estimate of drug-likeness (QED) is 0.716. The van der Waals surface area contributed by atoms with Gasteiger partial charge in [-0.25, -0.2) is 4.79 Å². The van der Waals surface area contributed by atoms with Gasteiger partial charge < -0.3 is 10.2 Å². The fourth-order valence-electron chi connectivity index (χ4n) is 2.32. The van der Waals surface area contributed by atoms with E-state index in [1.54, 1.807) is 0 Å². The van der Waals surface area contributed by atoms with Crippen molar-refractivity contribution in [2.75, 3.05) is 26.7 Å². The highest BCUT2D eigenvalue weighted by molar-refractivity contribution is 5.94. The first-order valence-corrected chi connectivity index (χ1v) is 6.78. The highest BCUT2D eigenvalue weighted by atomic mass is 16.2. The molecule has 3 N–H and O–H groups in total. The Hall–Kier alpha value is -2.14. The van der Waals surface area contributed by atoms with Crippen molar-refractivity contribution in [2.45, 2.75) is 6.42 Å². The van der Waals surface area contributed by atoms with Crippen LogP contribution in [0.5, 0.6) is 0 Å². The van der Waals surface area contributed by atoms with E-state index >= 15 is 0 Å². The van der Waals surface area contributed by atoms with Crippen LogP contribution in [0.2, 0.25) is 0 Å². The van der Waals surface area contributed by atoms with E-state index in [0.717, 1.165) is 19.5 Å². The van der Waals surface area contributed by atoms with E-state index < -0.39 is 6.03 Å². The van der Waals surface area contributed by atoms with E-state index in [9.17, 15) is 9.59 Å². The summed E-state index contributed by atoms with van der Waals surface area (Å²) in [6, 6.07) is 9.84. The third-order valence-electron chi connectivity index (χ3n) is 3.42. The van der Waals surface area contributed by atoms with Gasteiger partial charge in [0.05, 0.1) is 13.1 Å². The van der Waals surface area contributed by atoms with E-state index in [1.165, 1.54) is 23.1 Å². The molecule has 0 saturated carbocycles. The standard InChI is InChI=1S/C15H19N3O2/c1-16-15(20)17-14(19)11-18-9-7-13(8-10-18)12-5-3-2-4-6-12/h2-7H,8-11H2,1H3,(H2,16,17,19,20)/p+1. The van der Waals surface area contributed by atoms with E-state index in [0.29, 0.717) is 6.54 Å². The Morgan fingerprint density at radius 2 is 2.00 bits per heavy atom. The zero-order chi connectivity index (χ0) is 14.4. The number of nitrogens with one attached hydrogen (secondary N) is 3. The minimum atomic E-state index is -0.452. The van der Waals surface area contributed by atoms with Crippen LogP contribution >= 0.6 is 0 Å². The van der Waals surface area contributed by atoms with Crippen LogP contribution in [-0.4, -0.2) is 38.6 Å². The summed E-state index contributed by atoms with van der Waals surface area (Å²) in [6.45, 7) is 2.04. The molecule has 20 heavy (non-hydrogen) atoms. The predicted octanol–water partition coefficient (Wildman–Crippen LogP) is -0.186. The molecule has 1 aliphatic heterocycles. The van der Waals surface area contributed by atoms with Gasteiger partial charge in [-0.05, 0) is 17.2 Å². The second-order valence-corrected chi connectivity index (χ2v) is 4.85. The second kappa shape index (κ2) is 6.86. The molecule has 0 radical (unpaired) electrons. The average Bonchev–Trinajstić information content (AvgIpc) is 2.48. The van der Waals surface area contributed by atoms with Gasteiger partial charge in [0.25, 0.3) is 5.91 Å². The zero-order valence-corrected chi connectivity index (χ0v) is 11.6. The monoisotopic (exact) mass is 274 g/mol. The van der Waals surface area contributed by atoms with Gasteiger partial charge in [0.15, 0.2) is 6.54 Å². The van der Waals surface area contributed by atoms with Crippen molar-refractivity contribution < 1.29 is 14.5 Å². The number of rotatable bonds is 3. The maximum atomic E-state index is 11.6. The lowest BCUT2D eigenvalue weighted by molar-refractivity contribution is -0.886. The Balaban J connectivity index is 1.86. The van der Waals surface area contributed by atoms with Gasteiger partial charge in [-0.2, -0.15) is 0 Å². The molecule has 1 aliphatic rings. The fourth-order valence-corrected chi connectivity index (χ4v) is 2.32. The predicted molar refractivity (Wildman–Crippen MR) is 77.2 cm³/mol. The summed E-state index contributed by atoms with van der Waals surface area (Å²) in [5.41, 5.74) is 2.59. The first kappa shape index (κ1) is 14.3. The smallest absolute Gasteiger partial charge is 0.321 e. The van der Waals surface area contributed by atoms with Crippen molar-refractivity contribution >= 4 is 17.5 Å². The fraction of sp³-hybridized carbons (Fsp3) is 0.333. The number of hydrogen-bond donors (Lipinski definition) is 3. The maximum Gasteiger partial charge on any atom is 0.321 e. The number of hydrogen-bond acceptors (Lipinski definition) is 2. The molecule has 1 heterocycles. The van der Waals surface area contributed by atoms with E-state index in [-0.39, 0.29) is 5.91 Å². The molecule has 0 aliphatic carbocycles. The molecule has 1 atom stereocenters. The molecule has 3 amide bonds. The molecule has 1 unspecified atom stereocenters. The highest BCUT2D eigenvalue weighted by Crippen LogP contribution is 2.17.